The molecule has 0 radical (unpaired) electrons. The van der Waals surface area contributed by atoms with Crippen molar-refractivity contribution in [3.63, 3.8) is 0 Å². The quantitative estimate of drug-likeness (QED) is 0.827. The molecule has 1 saturated carbocycles. The van der Waals surface area contributed by atoms with Gasteiger partial charge in [-0.3, -0.25) is 0 Å². The van der Waals surface area contributed by atoms with Crippen molar-refractivity contribution in [2.45, 2.75) is 43.7 Å². The molecule has 4 heteroatoms. The summed E-state index contributed by atoms with van der Waals surface area (Å²) in [6.45, 7) is 0.711. The van der Waals surface area contributed by atoms with Gasteiger partial charge in [-0.15, -0.1) is 0 Å². The van der Waals surface area contributed by atoms with Gasteiger partial charge in [0.25, 0.3) is 0 Å². The fourth-order valence-electron chi connectivity index (χ4n) is 3.73. The predicted molar refractivity (Wildman–Crippen MR) is 73.7 cm³/mol. The molecule has 2 N–H and O–H groups in total. The zero-order valence-electron chi connectivity index (χ0n) is 10.8. The van der Waals surface area contributed by atoms with Gasteiger partial charge in [-0.05, 0) is 37.9 Å². The molecule has 19 heavy (non-hydrogen) atoms. The van der Waals surface area contributed by atoms with Gasteiger partial charge in [0.2, 0.25) is 0 Å². The van der Waals surface area contributed by atoms with Crippen molar-refractivity contribution in [2.24, 2.45) is 5.92 Å². The lowest BCUT2D eigenvalue weighted by Gasteiger charge is -2.48. The summed E-state index contributed by atoms with van der Waals surface area (Å²) in [4.78, 5) is 0. The Balaban J connectivity index is 1.99. The Morgan fingerprint density at radius 2 is 2.16 bits per heavy atom. The minimum absolute atomic E-state index is 0.0596. The first-order valence-electron chi connectivity index (χ1n) is 7.01. The van der Waals surface area contributed by atoms with Crippen LogP contribution in [0, 0.1) is 11.7 Å². The molecule has 3 atom stereocenters. The maximum atomic E-state index is 14.1. The van der Waals surface area contributed by atoms with Gasteiger partial charge in [-0.25, -0.2) is 4.39 Å². The van der Waals surface area contributed by atoms with Crippen molar-refractivity contribution in [2.75, 3.05) is 6.54 Å². The minimum Gasteiger partial charge on any atom is -0.389 e. The van der Waals surface area contributed by atoms with Gasteiger partial charge in [0, 0.05) is 22.5 Å². The van der Waals surface area contributed by atoms with E-state index in [0.717, 1.165) is 32.1 Å². The van der Waals surface area contributed by atoms with Crippen molar-refractivity contribution >= 4 is 11.6 Å². The second-order valence-electron chi connectivity index (χ2n) is 5.77. The summed E-state index contributed by atoms with van der Waals surface area (Å²) in [5.74, 6) is -0.218. The molecule has 0 aromatic heterocycles. The molecule has 0 bridgehead atoms. The van der Waals surface area contributed by atoms with Crippen LogP contribution in [0.3, 0.4) is 0 Å². The lowest BCUT2D eigenvalue weighted by Crippen LogP contribution is -2.53. The number of halogens is 2. The van der Waals surface area contributed by atoms with Crippen LogP contribution in [0.1, 0.15) is 43.7 Å². The van der Waals surface area contributed by atoms with E-state index in [0.29, 0.717) is 17.1 Å². The molecule has 2 aliphatic rings. The number of piperidine rings is 1. The molecule has 3 rings (SSSR count). The molecule has 1 saturated heterocycles. The Hall–Kier alpha value is -0.640. The average molecular weight is 284 g/mol. The maximum absolute atomic E-state index is 14.1. The number of hydrogen-bond acceptors (Lipinski definition) is 2. The third-order valence-electron chi connectivity index (χ3n) is 4.70. The van der Waals surface area contributed by atoms with Crippen LogP contribution in [0.5, 0.6) is 0 Å². The second-order valence-corrected chi connectivity index (χ2v) is 6.18. The Kier molecular flexibility index (Phi) is 3.54. The van der Waals surface area contributed by atoms with E-state index in [1.165, 1.54) is 6.07 Å². The molecule has 1 heterocycles. The molecule has 0 amide bonds. The van der Waals surface area contributed by atoms with Crippen molar-refractivity contribution in [1.82, 2.24) is 5.32 Å². The van der Waals surface area contributed by atoms with Crippen molar-refractivity contribution in [3.8, 4) is 0 Å². The van der Waals surface area contributed by atoms with Gasteiger partial charge in [0.15, 0.2) is 0 Å². The zero-order valence-corrected chi connectivity index (χ0v) is 11.6. The van der Waals surface area contributed by atoms with Crippen LogP contribution in [0.4, 0.5) is 4.39 Å². The zero-order chi connectivity index (χ0) is 13.5. The van der Waals surface area contributed by atoms with Crippen LogP contribution in [0.15, 0.2) is 18.2 Å². The standard InChI is InChI=1S/C15H19ClFNO/c16-11-5-3-6-12(17)13(11)14-10-4-1-2-7-15(10,19)8-9-18-14/h3,5-6,10,14,18-19H,1-2,4,7-9H2/t10-,14-,15+/m0/s1. The minimum atomic E-state index is -0.653. The van der Waals surface area contributed by atoms with E-state index < -0.39 is 5.60 Å². The molecule has 2 fully saturated rings. The Morgan fingerprint density at radius 3 is 2.95 bits per heavy atom. The Labute approximate surface area is 118 Å². The molecular formula is C15H19ClFNO. The first-order chi connectivity index (χ1) is 9.12. The highest BCUT2D eigenvalue weighted by Crippen LogP contribution is 2.47. The fourth-order valence-corrected chi connectivity index (χ4v) is 4.01. The van der Waals surface area contributed by atoms with Crippen molar-refractivity contribution in [1.29, 1.82) is 0 Å². The maximum Gasteiger partial charge on any atom is 0.129 e. The molecule has 1 aliphatic carbocycles. The van der Waals surface area contributed by atoms with Gasteiger partial charge in [-0.2, -0.15) is 0 Å². The number of fused-ring (bicyclic) bond motifs is 1. The van der Waals surface area contributed by atoms with Crippen LogP contribution >= 0.6 is 11.6 Å². The largest absolute Gasteiger partial charge is 0.389 e. The number of aliphatic hydroxyl groups is 1. The first-order valence-corrected chi connectivity index (χ1v) is 7.39. The SMILES string of the molecule is O[C@@]12CCCC[C@H]1[C@@H](c1c(F)cccc1Cl)NCC2. The van der Waals surface area contributed by atoms with Gasteiger partial charge < -0.3 is 10.4 Å². The van der Waals surface area contributed by atoms with Crippen LogP contribution in [-0.2, 0) is 0 Å². The molecular weight excluding hydrogens is 265 g/mol. The highest BCUT2D eigenvalue weighted by Gasteiger charge is 2.46. The summed E-state index contributed by atoms with van der Waals surface area (Å²) >= 11 is 6.18. The topological polar surface area (TPSA) is 32.3 Å². The summed E-state index contributed by atoms with van der Waals surface area (Å²) in [5.41, 5.74) is -0.131. The van der Waals surface area contributed by atoms with Gasteiger partial charge in [-0.1, -0.05) is 30.5 Å². The highest BCUT2D eigenvalue weighted by atomic mass is 35.5. The number of nitrogens with one attached hydrogen (secondary N) is 1. The molecule has 1 aromatic rings. The average Bonchev–Trinajstić information content (AvgIpc) is 2.38. The second kappa shape index (κ2) is 5.04. The molecule has 1 aromatic carbocycles. The van der Waals surface area contributed by atoms with Crippen molar-refractivity contribution in [3.05, 3.63) is 34.6 Å². The monoisotopic (exact) mass is 283 g/mol. The van der Waals surface area contributed by atoms with Crippen LogP contribution in [-0.4, -0.2) is 17.3 Å². The third-order valence-corrected chi connectivity index (χ3v) is 5.03. The Bertz CT molecular complexity index is 457. The number of hydrogen-bond donors (Lipinski definition) is 2. The fraction of sp³-hybridized carbons (Fsp3) is 0.600. The predicted octanol–water partition coefficient (Wildman–Crippen LogP) is 3.43. The molecule has 0 unspecified atom stereocenters. The van der Waals surface area contributed by atoms with Crippen LogP contribution < -0.4 is 5.32 Å². The third kappa shape index (κ3) is 2.28. The molecule has 104 valence electrons. The molecule has 1 aliphatic heterocycles. The van der Waals surface area contributed by atoms with E-state index in [-0.39, 0.29) is 17.8 Å². The number of rotatable bonds is 1. The number of benzene rings is 1. The summed E-state index contributed by atoms with van der Waals surface area (Å²) in [6, 6.07) is 4.61. The molecule has 2 nitrogen and oxygen atoms in total. The van der Waals surface area contributed by atoms with Crippen molar-refractivity contribution < 1.29 is 9.50 Å². The summed E-state index contributed by atoms with van der Waals surface area (Å²) in [6.07, 6.45) is 4.66. The first kappa shape index (κ1) is 13.3. The van der Waals surface area contributed by atoms with Crippen LogP contribution in [0.2, 0.25) is 5.02 Å². The van der Waals surface area contributed by atoms with Gasteiger partial charge >= 0.3 is 0 Å². The van der Waals surface area contributed by atoms with Crippen LogP contribution in [0.25, 0.3) is 0 Å². The smallest absolute Gasteiger partial charge is 0.129 e. The Morgan fingerprint density at radius 1 is 1.32 bits per heavy atom. The normalized spacial score (nSPS) is 34.9. The molecule has 0 spiro atoms. The van der Waals surface area contributed by atoms with Gasteiger partial charge in [0.05, 0.1) is 5.60 Å². The van der Waals surface area contributed by atoms with E-state index in [9.17, 15) is 9.50 Å². The lowest BCUT2D eigenvalue weighted by molar-refractivity contribution is -0.0865. The summed E-state index contributed by atoms with van der Waals surface area (Å²) < 4.78 is 14.1. The van der Waals surface area contributed by atoms with E-state index in [4.69, 9.17) is 11.6 Å². The summed E-state index contributed by atoms with van der Waals surface area (Å²) in [7, 11) is 0. The lowest BCUT2D eigenvalue weighted by atomic mass is 9.67. The van der Waals surface area contributed by atoms with E-state index in [1.807, 2.05) is 0 Å². The van der Waals surface area contributed by atoms with Gasteiger partial charge in [0.1, 0.15) is 5.82 Å². The van der Waals surface area contributed by atoms with E-state index >= 15 is 0 Å². The van der Waals surface area contributed by atoms with E-state index in [1.54, 1.807) is 12.1 Å². The summed E-state index contributed by atoms with van der Waals surface area (Å²) in [5, 5.41) is 14.6. The highest BCUT2D eigenvalue weighted by molar-refractivity contribution is 6.31. The van der Waals surface area contributed by atoms with E-state index in [2.05, 4.69) is 5.32 Å².